The Kier molecular flexibility index (Phi) is 4.10. The molecule has 0 aliphatic rings. The minimum Gasteiger partial charge on any atom is -0.354 e. The van der Waals surface area contributed by atoms with E-state index in [1.54, 1.807) is 11.9 Å². The fourth-order valence-corrected chi connectivity index (χ4v) is 1.43. The lowest BCUT2D eigenvalue weighted by Crippen LogP contribution is -2.41. The Hall–Kier alpha value is -1.04. The van der Waals surface area contributed by atoms with Gasteiger partial charge in [0.25, 0.3) is 0 Å². The number of hydrogen-bond acceptors (Lipinski definition) is 3. The molecule has 1 rings (SSSR count). The first-order valence-electron chi connectivity index (χ1n) is 5.43. The van der Waals surface area contributed by atoms with Crippen LogP contribution in [0.4, 0.5) is 19.0 Å². The molecule has 1 aromatic rings. The minimum atomic E-state index is -4.60. The van der Waals surface area contributed by atoms with Gasteiger partial charge in [-0.05, 0) is 20.3 Å². The van der Waals surface area contributed by atoms with Crippen LogP contribution in [-0.2, 0) is 6.18 Å². The Morgan fingerprint density at radius 3 is 2.28 bits per heavy atom. The Labute approximate surface area is 109 Å². The highest BCUT2D eigenvalue weighted by molar-refractivity contribution is 6.29. The Bertz CT molecular complexity index is 432. The van der Waals surface area contributed by atoms with Crippen LogP contribution >= 0.6 is 11.6 Å². The fourth-order valence-electron chi connectivity index (χ4n) is 1.25. The molecule has 0 fully saturated rings. The molecule has 0 saturated heterocycles. The zero-order chi connectivity index (χ0) is 14.1. The summed E-state index contributed by atoms with van der Waals surface area (Å²) in [7, 11) is 1.68. The molecule has 7 heteroatoms. The van der Waals surface area contributed by atoms with Gasteiger partial charge in [0.15, 0.2) is 0 Å². The summed E-state index contributed by atoms with van der Waals surface area (Å²) < 4.78 is 37.8. The van der Waals surface area contributed by atoms with Crippen molar-refractivity contribution in [1.82, 2.24) is 9.97 Å². The van der Waals surface area contributed by atoms with Gasteiger partial charge in [-0.3, -0.25) is 0 Å². The van der Waals surface area contributed by atoms with Gasteiger partial charge in [-0.25, -0.2) is 9.97 Å². The smallest absolute Gasteiger partial charge is 0.354 e. The van der Waals surface area contributed by atoms with Crippen LogP contribution < -0.4 is 4.90 Å². The average Bonchev–Trinajstić information content (AvgIpc) is 2.26. The lowest BCUT2D eigenvalue weighted by Gasteiger charge is -2.36. The van der Waals surface area contributed by atoms with E-state index in [-0.39, 0.29) is 16.5 Å². The molecule has 1 aromatic heterocycles. The van der Waals surface area contributed by atoms with E-state index in [1.165, 1.54) is 6.07 Å². The van der Waals surface area contributed by atoms with E-state index in [0.717, 1.165) is 6.42 Å². The van der Waals surface area contributed by atoms with Crippen LogP contribution in [0.2, 0.25) is 5.15 Å². The highest BCUT2D eigenvalue weighted by atomic mass is 35.5. The van der Waals surface area contributed by atoms with Crippen molar-refractivity contribution in [2.75, 3.05) is 11.9 Å². The second-order valence-electron chi connectivity index (χ2n) is 4.60. The zero-order valence-corrected chi connectivity index (χ0v) is 11.4. The van der Waals surface area contributed by atoms with Crippen molar-refractivity contribution in [3.8, 4) is 0 Å². The summed E-state index contributed by atoms with van der Waals surface area (Å²) in [4.78, 5) is 8.38. The molecule has 18 heavy (non-hydrogen) atoms. The summed E-state index contributed by atoms with van der Waals surface area (Å²) in [6.45, 7) is 5.77. The van der Waals surface area contributed by atoms with E-state index in [1.807, 2.05) is 20.8 Å². The number of halogens is 4. The number of alkyl halides is 3. The second-order valence-corrected chi connectivity index (χ2v) is 4.98. The molecule has 0 aliphatic heterocycles. The molecule has 0 atom stereocenters. The highest BCUT2D eigenvalue weighted by Gasteiger charge is 2.36. The molecule has 3 nitrogen and oxygen atoms in total. The van der Waals surface area contributed by atoms with Crippen LogP contribution in [0.25, 0.3) is 0 Å². The normalized spacial score (nSPS) is 12.7. The van der Waals surface area contributed by atoms with E-state index in [9.17, 15) is 13.2 Å². The molecule has 102 valence electrons. The number of nitrogens with zero attached hydrogens (tertiary/aromatic N) is 3. The first-order valence-corrected chi connectivity index (χ1v) is 5.81. The van der Waals surface area contributed by atoms with Gasteiger partial charge in [0.1, 0.15) is 11.0 Å². The van der Waals surface area contributed by atoms with Gasteiger partial charge in [-0.15, -0.1) is 0 Å². The van der Waals surface area contributed by atoms with Gasteiger partial charge in [0.05, 0.1) is 0 Å². The monoisotopic (exact) mass is 281 g/mol. The predicted molar refractivity (Wildman–Crippen MR) is 64.8 cm³/mol. The van der Waals surface area contributed by atoms with Crippen LogP contribution in [0.3, 0.4) is 0 Å². The minimum absolute atomic E-state index is 0.161. The topological polar surface area (TPSA) is 29.0 Å². The molecule has 0 saturated carbocycles. The second kappa shape index (κ2) is 4.91. The van der Waals surface area contributed by atoms with Crippen molar-refractivity contribution in [3.05, 3.63) is 17.0 Å². The lowest BCUT2D eigenvalue weighted by molar-refractivity contribution is -0.144. The average molecular weight is 282 g/mol. The Balaban J connectivity index is 3.23. The van der Waals surface area contributed by atoms with Crippen LogP contribution in [0.15, 0.2) is 6.07 Å². The third-order valence-electron chi connectivity index (χ3n) is 3.05. The third-order valence-corrected chi connectivity index (χ3v) is 3.25. The van der Waals surface area contributed by atoms with Gasteiger partial charge in [0, 0.05) is 18.7 Å². The first-order chi connectivity index (χ1) is 8.08. The molecular weight excluding hydrogens is 267 g/mol. The van der Waals surface area contributed by atoms with E-state index in [0.29, 0.717) is 0 Å². The maximum Gasteiger partial charge on any atom is 0.451 e. The van der Waals surface area contributed by atoms with E-state index >= 15 is 0 Å². The van der Waals surface area contributed by atoms with Crippen molar-refractivity contribution >= 4 is 17.4 Å². The van der Waals surface area contributed by atoms with Crippen molar-refractivity contribution in [2.24, 2.45) is 0 Å². The van der Waals surface area contributed by atoms with Gasteiger partial charge in [-0.1, -0.05) is 18.5 Å². The maximum atomic E-state index is 12.6. The van der Waals surface area contributed by atoms with Crippen LogP contribution in [0.5, 0.6) is 0 Å². The van der Waals surface area contributed by atoms with Crippen LogP contribution in [0, 0.1) is 0 Å². The summed E-state index contributed by atoms with van der Waals surface area (Å²) in [6, 6.07) is 1.33. The summed E-state index contributed by atoms with van der Waals surface area (Å²) in [5, 5.41) is -0.217. The summed E-state index contributed by atoms with van der Waals surface area (Å²) in [5.41, 5.74) is -0.319. The first kappa shape index (κ1) is 15.0. The van der Waals surface area contributed by atoms with Gasteiger partial charge in [-0.2, -0.15) is 13.2 Å². The van der Waals surface area contributed by atoms with Crippen molar-refractivity contribution in [3.63, 3.8) is 0 Å². The molecule has 0 bridgehead atoms. The van der Waals surface area contributed by atoms with Crippen LogP contribution in [-0.4, -0.2) is 22.6 Å². The molecule has 0 N–H and O–H groups in total. The van der Waals surface area contributed by atoms with Gasteiger partial charge in [0.2, 0.25) is 5.82 Å². The fraction of sp³-hybridized carbons (Fsp3) is 0.636. The number of hydrogen-bond donors (Lipinski definition) is 0. The van der Waals surface area contributed by atoms with Crippen molar-refractivity contribution in [1.29, 1.82) is 0 Å². The van der Waals surface area contributed by atoms with Crippen LogP contribution in [0.1, 0.15) is 33.0 Å². The summed E-state index contributed by atoms with van der Waals surface area (Å²) >= 11 is 5.62. The molecule has 1 heterocycles. The summed E-state index contributed by atoms with van der Waals surface area (Å²) in [5.74, 6) is -1.06. The molecule has 0 spiro atoms. The quantitative estimate of drug-likeness (QED) is 0.790. The largest absolute Gasteiger partial charge is 0.451 e. The Morgan fingerprint density at radius 1 is 1.28 bits per heavy atom. The standard InChI is InChI=1S/C11H15ClF3N3/c1-5-10(2,3)18(4)8-6-7(12)16-9(17-8)11(13,14)15/h6H,5H2,1-4H3. The summed E-state index contributed by atoms with van der Waals surface area (Å²) in [6.07, 6.45) is -3.84. The molecule has 0 radical (unpaired) electrons. The number of anilines is 1. The number of aromatic nitrogens is 2. The van der Waals surface area contributed by atoms with Crippen molar-refractivity contribution < 1.29 is 13.2 Å². The molecule has 0 unspecified atom stereocenters. The predicted octanol–water partition coefficient (Wildman–Crippen LogP) is 3.77. The van der Waals surface area contributed by atoms with Gasteiger partial charge >= 0.3 is 6.18 Å². The van der Waals surface area contributed by atoms with E-state index in [2.05, 4.69) is 9.97 Å². The lowest BCUT2D eigenvalue weighted by atomic mass is 10.0. The number of rotatable bonds is 3. The molecule has 0 aliphatic carbocycles. The van der Waals surface area contributed by atoms with E-state index in [4.69, 9.17) is 11.6 Å². The zero-order valence-electron chi connectivity index (χ0n) is 10.6. The maximum absolute atomic E-state index is 12.6. The molecular formula is C11H15ClF3N3. The highest BCUT2D eigenvalue weighted by Crippen LogP contribution is 2.31. The SMILES string of the molecule is CCC(C)(C)N(C)c1cc(Cl)nc(C(F)(F)F)n1. The molecule has 0 amide bonds. The van der Waals surface area contributed by atoms with Crippen molar-refractivity contribution in [2.45, 2.75) is 38.9 Å². The van der Waals surface area contributed by atoms with E-state index < -0.39 is 12.0 Å². The molecule has 0 aromatic carbocycles. The van der Waals surface area contributed by atoms with Gasteiger partial charge < -0.3 is 4.90 Å². The Morgan fingerprint density at radius 2 is 1.83 bits per heavy atom. The third kappa shape index (κ3) is 3.25.